The highest BCUT2D eigenvalue weighted by atomic mass is 16.5. The van der Waals surface area contributed by atoms with Crippen molar-refractivity contribution in [3.63, 3.8) is 0 Å². The Hall–Kier alpha value is -2.87. The Bertz CT molecular complexity index is 817. The maximum atomic E-state index is 12.0. The summed E-state index contributed by atoms with van der Waals surface area (Å²) in [7, 11) is 0. The number of aromatic nitrogens is 2. The van der Waals surface area contributed by atoms with Crippen LogP contribution in [0.3, 0.4) is 0 Å². The van der Waals surface area contributed by atoms with Crippen molar-refractivity contribution in [2.75, 3.05) is 25.2 Å². The summed E-state index contributed by atoms with van der Waals surface area (Å²) in [5.74, 6) is 1.61. The van der Waals surface area contributed by atoms with Gasteiger partial charge in [0.2, 0.25) is 5.95 Å². The molecule has 0 unspecified atom stereocenters. The Morgan fingerprint density at radius 2 is 2.08 bits per heavy atom. The second-order valence-corrected chi connectivity index (χ2v) is 5.39. The first-order valence-corrected chi connectivity index (χ1v) is 8.48. The van der Waals surface area contributed by atoms with Crippen LogP contribution >= 0.6 is 0 Å². The van der Waals surface area contributed by atoms with E-state index >= 15 is 0 Å². The summed E-state index contributed by atoms with van der Waals surface area (Å²) in [4.78, 5) is 18.8. The number of aryl methyl sites for hydroxylation is 1. The van der Waals surface area contributed by atoms with Gasteiger partial charge in [0.1, 0.15) is 11.5 Å². The van der Waals surface area contributed by atoms with Gasteiger partial charge in [-0.25, -0.2) is 10.4 Å². The van der Waals surface area contributed by atoms with Gasteiger partial charge in [-0.15, -0.1) is 0 Å². The smallest absolute Gasteiger partial charge is 0.255 e. The molecule has 8 heteroatoms. The van der Waals surface area contributed by atoms with Crippen molar-refractivity contribution in [1.82, 2.24) is 9.97 Å². The number of hydrazone groups is 1. The van der Waals surface area contributed by atoms with Gasteiger partial charge >= 0.3 is 0 Å². The summed E-state index contributed by atoms with van der Waals surface area (Å²) in [5, 5.41) is 13.1. The fourth-order valence-corrected chi connectivity index (χ4v) is 2.39. The van der Waals surface area contributed by atoms with Crippen molar-refractivity contribution in [3.8, 4) is 11.5 Å². The zero-order valence-corrected chi connectivity index (χ0v) is 15.2. The van der Waals surface area contributed by atoms with Crippen LogP contribution in [0.5, 0.6) is 11.5 Å². The average Bonchev–Trinajstić information content (AvgIpc) is 2.60. The zero-order chi connectivity index (χ0) is 18.9. The molecule has 0 aliphatic heterocycles. The van der Waals surface area contributed by atoms with Gasteiger partial charge in [-0.05, 0) is 32.9 Å². The lowest BCUT2D eigenvalue weighted by Crippen LogP contribution is -2.19. The highest BCUT2D eigenvalue weighted by Gasteiger charge is 2.07. The Balaban J connectivity index is 2.16. The van der Waals surface area contributed by atoms with Crippen molar-refractivity contribution < 1.29 is 14.6 Å². The number of aromatic amines is 1. The maximum Gasteiger partial charge on any atom is 0.255 e. The Kier molecular flexibility index (Phi) is 7.16. The molecule has 0 bridgehead atoms. The minimum absolute atomic E-state index is 0.103. The normalized spacial score (nSPS) is 10.9. The highest BCUT2D eigenvalue weighted by molar-refractivity contribution is 5.84. The largest absolute Gasteiger partial charge is 0.494 e. The van der Waals surface area contributed by atoms with E-state index in [1.165, 1.54) is 0 Å². The van der Waals surface area contributed by atoms with Crippen LogP contribution in [0, 0.1) is 6.92 Å². The number of benzene rings is 1. The van der Waals surface area contributed by atoms with Crippen LogP contribution in [0.25, 0.3) is 0 Å². The van der Waals surface area contributed by atoms with Crippen molar-refractivity contribution in [2.45, 2.75) is 27.2 Å². The summed E-state index contributed by atoms with van der Waals surface area (Å²) in [6.07, 6.45) is 1.85. The molecule has 2 aromatic rings. The molecule has 1 heterocycles. The molecule has 0 radical (unpaired) electrons. The summed E-state index contributed by atoms with van der Waals surface area (Å²) in [5.41, 5.74) is 4.20. The molecule has 140 valence electrons. The van der Waals surface area contributed by atoms with Crippen molar-refractivity contribution in [3.05, 3.63) is 45.4 Å². The van der Waals surface area contributed by atoms with Crippen molar-refractivity contribution in [1.29, 1.82) is 0 Å². The number of aliphatic hydroxyl groups is 1. The summed E-state index contributed by atoms with van der Waals surface area (Å²) in [6.45, 7) is 6.53. The van der Waals surface area contributed by atoms with Gasteiger partial charge in [0.05, 0.1) is 25.1 Å². The first-order chi connectivity index (χ1) is 12.6. The monoisotopic (exact) mass is 360 g/mol. The third-order valence-corrected chi connectivity index (χ3v) is 3.55. The number of aliphatic hydroxyl groups excluding tert-OH is 1. The molecular formula is C18H24N4O4. The number of ether oxygens (including phenoxy) is 2. The number of anilines is 1. The highest BCUT2D eigenvalue weighted by Crippen LogP contribution is 2.24. The predicted octanol–water partition coefficient (Wildman–Crippen LogP) is 1.86. The van der Waals surface area contributed by atoms with Gasteiger partial charge < -0.3 is 14.6 Å². The second-order valence-electron chi connectivity index (χ2n) is 5.39. The lowest BCUT2D eigenvalue weighted by Gasteiger charge is -2.10. The van der Waals surface area contributed by atoms with E-state index in [9.17, 15) is 4.79 Å². The summed E-state index contributed by atoms with van der Waals surface area (Å²) < 4.78 is 11.1. The minimum atomic E-state index is -0.291. The lowest BCUT2D eigenvalue weighted by atomic mass is 10.2. The zero-order valence-electron chi connectivity index (χ0n) is 15.2. The molecule has 0 saturated heterocycles. The number of nitrogens with one attached hydrogen (secondary N) is 2. The van der Waals surface area contributed by atoms with Crippen LogP contribution in [0.4, 0.5) is 5.95 Å². The summed E-state index contributed by atoms with van der Waals surface area (Å²) in [6, 6.07) is 5.48. The summed E-state index contributed by atoms with van der Waals surface area (Å²) >= 11 is 0. The van der Waals surface area contributed by atoms with E-state index in [4.69, 9.17) is 14.6 Å². The molecule has 0 spiro atoms. The molecule has 0 atom stereocenters. The number of hydrogen-bond acceptors (Lipinski definition) is 7. The molecule has 26 heavy (non-hydrogen) atoms. The molecular weight excluding hydrogens is 336 g/mol. The number of H-pyrrole nitrogens is 1. The van der Waals surface area contributed by atoms with Gasteiger partial charge in [-0.3, -0.25) is 9.78 Å². The van der Waals surface area contributed by atoms with E-state index in [-0.39, 0.29) is 24.5 Å². The van der Waals surface area contributed by atoms with Gasteiger partial charge in [0.15, 0.2) is 0 Å². The van der Waals surface area contributed by atoms with Crippen LogP contribution in [0.2, 0.25) is 0 Å². The van der Waals surface area contributed by atoms with Crippen molar-refractivity contribution >= 4 is 12.2 Å². The number of hydrogen-bond donors (Lipinski definition) is 3. The molecule has 0 aliphatic rings. The quantitative estimate of drug-likeness (QED) is 0.465. The van der Waals surface area contributed by atoms with Crippen LogP contribution in [-0.4, -0.2) is 41.1 Å². The minimum Gasteiger partial charge on any atom is -0.494 e. The van der Waals surface area contributed by atoms with Gasteiger partial charge in [-0.1, -0.05) is 0 Å². The van der Waals surface area contributed by atoms with Crippen LogP contribution < -0.4 is 20.5 Å². The number of nitrogens with zero attached hydrogens (tertiary/aromatic N) is 2. The van der Waals surface area contributed by atoms with Crippen LogP contribution in [0.1, 0.15) is 30.7 Å². The predicted molar refractivity (Wildman–Crippen MR) is 100 cm³/mol. The molecule has 2 rings (SSSR count). The Morgan fingerprint density at radius 1 is 1.31 bits per heavy atom. The third kappa shape index (κ3) is 5.06. The molecule has 0 amide bonds. The van der Waals surface area contributed by atoms with E-state index in [0.29, 0.717) is 30.2 Å². The maximum absolute atomic E-state index is 12.0. The third-order valence-electron chi connectivity index (χ3n) is 3.55. The molecule has 3 N–H and O–H groups in total. The van der Waals surface area contributed by atoms with E-state index in [1.54, 1.807) is 13.1 Å². The van der Waals surface area contributed by atoms with Crippen LogP contribution in [-0.2, 0) is 6.42 Å². The van der Waals surface area contributed by atoms with E-state index in [2.05, 4.69) is 20.5 Å². The molecule has 8 nitrogen and oxygen atoms in total. The molecule has 0 fully saturated rings. The molecule has 0 aliphatic carbocycles. The molecule has 1 aromatic carbocycles. The Morgan fingerprint density at radius 3 is 2.73 bits per heavy atom. The average molecular weight is 360 g/mol. The van der Waals surface area contributed by atoms with Gasteiger partial charge in [-0.2, -0.15) is 5.10 Å². The van der Waals surface area contributed by atoms with E-state index in [1.807, 2.05) is 32.0 Å². The first kappa shape index (κ1) is 19.5. The van der Waals surface area contributed by atoms with Gasteiger partial charge in [0.25, 0.3) is 5.56 Å². The Labute approximate surface area is 151 Å². The fourth-order valence-electron chi connectivity index (χ4n) is 2.39. The fraction of sp³-hybridized carbons (Fsp3) is 0.389. The van der Waals surface area contributed by atoms with E-state index in [0.717, 1.165) is 11.3 Å². The van der Waals surface area contributed by atoms with Crippen LogP contribution in [0.15, 0.2) is 28.1 Å². The first-order valence-electron chi connectivity index (χ1n) is 8.48. The standard InChI is InChI=1S/C18H24N4O4/c1-4-25-14-7-6-13(16(10-14)26-5-2)11-19-22-18-20-12(3)15(8-9-23)17(24)21-18/h6-7,10-11,23H,4-5,8-9H2,1-3H3,(H2,20,21,22,24)/b19-11-. The molecule has 0 saturated carbocycles. The number of rotatable bonds is 9. The van der Waals surface area contributed by atoms with E-state index < -0.39 is 0 Å². The lowest BCUT2D eigenvalue weighted by molar-refractivity contribution is 0.298. The SMILES string of the molecule is CCOc1ccc(/C=N\Nc2nc(C)c(CCO)c(=O)[nH]2)c(OCC)c1. The second kappa shape index (κ2) is 9.57. The van der Waals surface area contributed by atoms with Crippen molar-refractivity contribution in [2.24, 2.45) is 5.10 Å². The van der Waals surface area contributed by atoms with Gasteiger partial charge in [0, 0.05) is 30.2 Å². The molecule has 1 aromatic heterocycles. The topological polar surface area (TPSA) is 109 Å².